The van der Waals surface area contributed by atoms with Crippen molar-refractivity contribution in [2.24, 2.45) is 0 Å². The number of H-pyrrole nitrogens is 1. The lowest BCUT2D eigenvalue weighted by Crippen LogP contribution is -2.17. The van der Waals surface area contributed by atoms with Crippen LogP contribution in [-0.4, -0.2) is 18.1 Å². The summed E-state index contributed by atoms with van der Waals surface area (Å²) < 4.78 is 0. The van der Waals surface area contributed by atoms with Gasteiger partial charge in [0.1, 0.15) is 0 Å². The summed E-state index contributed by atoms with van der Waals surface area (Å²) in [7, 11) is 0. The van der Waals surface area contributed by atoms with Crippen LogP contribution in [0.1, 0.15) is 12.8 Å². The zero-order chi connectivity index (χ0) is 14.9. The predicted molar refractivity (Wildman–Crippen MR) is 91.5 cm³/mol. The molecule has 0 bridgehead atoms. The number of anilines is 1. The van der Waals surface area contributed by atoms with Gasteiger partial charge < -0.3 is 9.88 Å². The minimum atomic E-state index is 0.0775. The summed E-state index contributed by atoms with van der Waals surface area (Å²) in [6, 6.07) is 17.8. The molecule has 110 valence electrons. The first-order valence-electron chi connectivity index (χ1n) is 7.79. The highest BCUT2D eigenvalue weighted by molar-refractivity contribution is 5.84. The van der Waals surface area contributed by atoms with Crippen LogP contribution < -0.4 is 10.3 Å². The number of benzene rings is 2. The Morgan fingerprint density at radius 3 is 2.45 bits per heavy atom. The third-order valence-corrected chi connectivity index (χ3v) is 4.37. The molecule has 3 aromatic rings. The van der Waals surface area contributed by atoms with Gasteiger partial charge in [0.25, 0.3) is 0 Å². The van der Waals surface area contributed by atoms with Gasteiger partial charge in [0, 0.05) is 41.4 Å². The molecule has 0 atom stereocenters. The van der Waals surface area contributed by atoms with Crippen LogP contribution in [0.3, 0.4) is 0 Å². The van der Waals surface area contributed by atoms with Gasteiger partial charge in [0.05, 0.1) is 0 Å². The first-order valence-corrected chi connectivity index (χ1v) is 7.79. The van der Waals surface area contributed by atoms with E-state index < -0.39 is 0 Å². The highest BCUT2D eigenvalue weighted by atomic mass is 16.1. The Kier molecular flexibility index (Phi) is 3.19. The summed E-state index contributed by atoms with van der Waals surface area (Å²) in [5.41, 5.74) is 4.03. The predicted octanol–water partition coefficient (Wildman–Crippen LogP) is 3.80. The molecule has 3 heteroatoms. The lowest BCUT2D eigenvalue weighted by atomic mass is 10.1. The van der Waals surface area contributed by atoms with E-state index in [0.29, 0.717) is 0 Å². The third kappa shape index (κ3) is 2.29. The van der Waals surface area contributed by atoms with Crippen LogP contribution >= 0.6 is 0 Å². The molecule has 1 saturated heterocycles. The molecule has 1 aromatic heterocycles. The number of hydrogen-bond donors (Lipinski definition) is 1. The van der Waals surface area contributed by atoms with Crippen molar-refractivity contribution in [2.75, 3.05) is 18.0 Å². The Morgan fingerprint density at radius 1 is 0.909 bits per heavy atom. The number of nitrogens with zero attached hydrogens (tertiary/aromatic N) is 1. The summed E-state index contributed by atoms with van der Waals surface area (Å²) in [5.74, 6) is 0. The molecule has 1 aliphatic heterocycles. The highest BCUT2D eigenvalue weighted by Gasteiger charge is 2.13. The molecule has 2 aromatic carbocycles. The zero-order valence-electron chi connectivity index (χ0n) is 12.4. The van der Waals surface area contributed by atoms with Gasteiger partial charge in [-0.1, -0.05) is 30.3 Å². The Hall–Kier alpha value is -2.55. The quantitative estimate of drug-likeness (QED) is 0.779. The number of hydrogen-bond acceptors (Lipinski definition) is 2. The van der Waals surface area contributed by atoms with Crippen LogP contribution in [0.15, 0.2) is 59.4 Å². The van der Waals surface area contributed by atoms with Crippen molar-refractivity contribution in [1.29, 1.82) is 0 Å². The molecule has 0 radical (unpaired) electrons. The Morgan fingerprint density at radius 2 is 1.68 bits per heavy atom. The normalized spacial score (nSPS) is 14.6. The van der Waals surface area contributed by atoms with Crippen molar-refractivity contribution in [2.45, 2.75) is 12.8 Å². The molecular weight excluding hydrogens is 272 g/mol. The lowest BCUT2D eigenvalue weighted by molar-refractivity contribution is 0.949. The fourth-order valence-corrected chi connectivity index (χ4v) is 3.18. The van der Waals surface area contributed by atoms with Crippen LogP contribution in [0.25, 0.3) is 22.2 Å². The molecule has 1 aliphatic rings. The topological polar surface area (TPSA) is 36.1 Å². The average Bonchev–Trinajstić information content (AvgIpc) is 3.10. The number of aromatic nitrogens is 1. The summed E-state index contributed by atoms with van der Waals surface area (Å²) in [6.07, 6.45) is 2.47. The molecule has 4 rings (SSSR count). The van der Waals surface area contributed by atoms with Gasteiger partial charge >= 0.3 is 0 Å². The smallest absolute Gasteiger partial charge is 0.190 e. The van der Waals surface area contributed by atoms with Gasteiger partial charge in [-0.3, -0.25) is 4.79 Å². The van der Waals surface area contributed by atoms with Crippen LogP contribution in [0.2, 0.25) is 0 Å². The van der Waals surface area contributed by atoms with Crippen LogP contribution in [0.4, 0.5) is 5.69 Å². The summed E-state index contributed by atoms with van der Waals surface area (Å²) in [6.45, 7) is 2.18. The standard InChI is InChI=1S/C19H18N2O/c22-19-13-18(14-6-2-1-3-7-14)20-17-9-8-15(12-16(17)19)21-10-4-5-11-21/h1-3,6-9,12-13H,4-5,10-11H2,(H,20,22). The monoisotopic (exact) mass is 290 g/mol. The summed E-state index contributed by atoms with van der Waals surface area (Å²) in [4.78, 5) is 18.2. The first kappa shape index (κ1) is 13.1. The maximum absolute atomic E-state index is 12.5. The van der Waals surface area contributed by atoms with Crippen molar-refractivity contribution < 1.29 is 0 Å². The SMILES string of the molecule is O=c1cc(-c2ccccc2)[nH]c2ccc(N3CCCC3)cc12. The fraction of sp³-hybridized carbons (Fsp3) is 0.211. The van der Waals surface area contributed by atoms with Crippen molar-refractivity contribution in [1.82, 2.24) is 4.98 Å². The third-order valence-electron chi connectivity index (χ3n) is 4.37. The van der Waals surface area contributed by atoms with Gasteiger partial charge in [0.2, 0.25) is 0 Å². The maximum Gasteiger partial charge on any atom is 0.190 e. The number of rotatable bonds is 2. The van der Waals surface area contributed by atoms with E-state index >= 15 is 0 Å². The molecule has 0 unspecified atom stereocenters. The molecule has 1 fully saturated rings. The second kappa shape index (κ2) is 5.34. The van der Waals surface area contributed by atoms with E-state index in [1.54, 1.807) is 6.07 Å². The summed E-state index contributed by atoms with van der Waals surface area (Å²) in [5, 5.41) is 0.768. The first-order chi connectivity index (χ1) is 10.8. The van der Waals surface area contributed by atoms with E-state index in [1.807, 2.05) is 42.5 Å². The molecule has 0 spiro atoms. The molecule has 1 N–H and O–H groups in total. The van der Waals surface area contributed by atoms with Gasteiger partial charge in [-0.15, -0.1) is 0 Å². The minimum absolute atomic E-state index is 0.0775. The maximum atomic E-state index is 12.5. The zero-order valence-corrected chi connectivity index (χ0v) is 12.4. The second-order valence-corrected chi connectivity index (χ2v) is 5.84. The van der Waals surface area contributed by atoms with E-state index in [0.717, 1.165) is 40.9 Å². The van der Waals surface area contributed by atoms with Gasteiger partial charge in [0.15, 0.2) is 5.43 Å². The van der Waals surface area contributed by atoms with Crippen LogP contribution in [-0.2, 0) is 0 Å². The van der Waals surface area contributed by atoms with Crippen molar-refractivity contribution >= 4 is 16.6 Å². The van der Waals surface area contributed by atoms with E-state index in [2.05, 4.69) is 16.0 Å². The Bertz CT molecular complexity index is 861. The Labute approximate surface area is 129 Å². The molecule has 0 saturated carbocycles. The second-order valence-electron chi connectivity index (χ2n) is 5.84. The largest absolute Gasteiger partial charge is 0.372 e. The number of pyridine rings is 1. The van der Waals surface area contributed by atoms with E-state index in [1.165, 1.54) is 12.8 Å². The van der Waals surface area contributed by atoms with E-state index in [4.69, 9.17) is 0 Å². The molecule has 0 aliphatic carbocycles. The van der Waals surface area contributed by atoms with Gasteiger partial charge in [-0.25, -0.2) is 0 Å². The number of fused-ring (bicyclic) bond motifs is 1. The van der Waals surface area contributed by atoms with E-state index in [-0.39, 0.29) is 5.43 Å². The van der Waals surface area contributed by atoms with Gasteiger partial charge in [-0.2, -0.15) is 0 Å². The van der Waals surface area contributed by atoms with Gasteiger partial charge in [-0.05, 0) is 36.6 Å². The van der Waals surface area contributed by atoms with Crippen LogP contribution in [0.5, 0.6) is 0 Å². The molecule has 2 heterocycles. The van der Waals surface area contributed by atoms with Crippen LogP contribution in [0, 0.1) is 0 Å². The van der Waals surface area contributed by atoms with E-state index in [9.17, 15) is 4.79 Å². The molecule has 0 amide bonds. The van der Waals surface area contributed by atoms with Crippen molar-refractivity contribution in [3.8, 4) is 11.3 Å². The number of aromatic amines is 1. The molecule has 3 nitrogen and oxygen atoms in total. The van der Waals surface area contributed by atoms with Crippen molar-refractivity contribution in [3.63, 3.8) is 0 Å². The molecular formula is C19H18N2O. The van der Waals surface area contributed by atoms with Crippen molar-refractivity contribution in [3.05, 3.63) is 64.8 Å². The summed E-state index contributed by atoms with van der Waals surface area (Å²) >= 11 is 0. The minimum Gasteiger partial charge on any atom is -0.372 e. The highest BCUT2D eigenvalue weighted by Crippen LogP contribution is 2.24. The Balaban J connectivity index is 1.83. The fourth-order valence-electron chi connectivity index (χ4n) is 3.18. The number of nitrogens with one attached hydrogen (secondary N) is 1. The lowest BCUT2D eigenvalue weighted by Gasteiger charge is -2.18. The average molecular weight is 290 g/mol. The molecule has 22 heavy (non-hydrogen) atoms.